The summed E-state index contributed by atoms with van der Waals surface area (Å²) in [5, 5.41) is 5.82. The Hall–Kier alpha value is -1.72. The number of nitrogens with zero attached hydrogens (tertiary/aromatic N) is 1. The van der Waals surface area contributed by atoms with Crippen LogP contribution in [-0.4, -0.2) is 10.9 Å². The van der Waals surface area contributed by atoms with Gasteiger partial charge in [-0.05, 0) is 12.5 Å². The molecule has 3 N–H and O–H groups in total. The topological polar surface area (TPSA) is 68.0 Å². The molecule has 0 bridgehead atoms. The number of amides is 1. The van der Waals surface area contributed by atoms with E-state index < -0.39 is 5.54 Å². The van der Waals surface area contributed by atoms with Crippen molar-refractivity contribution in [1.82, 2.24) is 10.3 Å². The first kappa shape index (κ1) is 16.6. The summed E-state index contributed by atoms with van der Waals surface area (Å²) in [6.07, 6.45) is 0. The van der Waals surface area contributed by atoms with Crippen molar-refractivity contribution < 1.29 is 4.79 Å². The Labute approximate surface area is 135 Å². The highest BCUT2D eigenvalue weighted by Gasteiger charge is 2.30. The van der Waals surface area contributed by atoms with E-state index >= 15 is 0 Å². The summed E-state index contributed by atoms with van der Waals surface area (Å²) in [5.74, 6) is -0.203. The van der Waals surface area contributed by atoms with Gasteiger partial charge in [0.15, 0.2) is 0 Å². The van der Waals surface area contributed by atoms with Crippen molar-refractivity contribution in [3.63, 3.8) is 0 Å². The monoisotopic (exact) mass is 317 g/mol. The van der Waals surface area contributed by atoms with Gasteiger partial charge in [0.05, 0.1) is 12.2 Å². The SMILES string of the molecule is CC(C)(C)c1csc(CNC(=O)C(C)(N)c2ccccc2)n1. The molecule has 0 saturated heterocycles. The van der Waals surface area contributed by atoms with Crippen LogP contribution in [0, 0.1) is 0 Å². The Kier molecular flexibility index (Phi) is 4.68. The first-order chi connectivity index (χ1) is 10.2. The fraction of sp³-hybridized carbons (Fsp3) is 0.412. The molecule has 0 fully saturated rings. The van der Waals surface area contributed by atoms with E-state index in [9.17, 15) is 4.79 Å². The van der Waals surface area contributed by atoms with Crippen LogP contribution in [-0.2, 0) is 22.3 Å². The molecular formula is C17H23N3OS. The van der Waals surface area contributed by atoms with Gasteiger partial charge in [-0.3, -0.25) is 4.79 Å². The molecule has 1 atom stereocenters. The average molecular weight is 317 g/mol. The van der Waals surface area contributed by atoms with Gasteiger partial charge in [0.25, 0.3) is 0 Å². The fourth-order valence-electron chi connectivity index (χ4n) is 1.99. The van der Waals surface area contributed by atoms with Crippen LogP contribution in [0.4, 0.5) is 0 Å². The van der Waals surface area contributed by atoms with Crippen LogP contribution in [0.5, 0.6) is 0 Å². The van der Waals surface area contributed by atoms with Crippen molar-refractivity contribution in [2.75, 3.05) is 0 Å². The summed E-state index contributed by atoms with van der Waals surface area (Å²) in [6.45, 7) is 8.49. The quantitative estimate of drug-likeness (QED) is 0.911. The van der Waals surface area contributed by atoms with Crippen molar-refractivity contribution in [3.8, 4) is 0 Å². The van der Waals surface area contributed by atoms with E-state index in [0.717, 1.165) is 16.3 Å². The molecule has 118 valence electrons. The van der Waals surface area contributed by atoms with Gasteiger partial charge >= 0.3 is 0 Å². The number of carbonyl (C=O) groups excluding carboxylic acids is 1. The highest BCUT2D eigenvalue weighted by molar-refractivity contribution is 7.09. The van der Waals surface area contributed by atoms with E-state index in [1.165, 1.54) is 0 Å². The van der Waals surface area contributed by atoms with Crippen molar-refractivity contribution in [2.24, 2.45) is 5.73 Å². The van der Waals surface area contributed by atoms with E-state index in [0.29, 0.717) is 6.54 Å². The van der Waals surface area contributed by atoms with Gasteiger partial charge in [-0.1, -0.05) is 51.1 Å². The highest BCUT2D eigenvalue weighted by Crippen LogP contribution is 2.24. The smallest absolute Gasteiger partial charge is 0.244 e. The van der Waals surface area contributed by atoms with Gasteiger partial charge in [-0.2, -0.15) is 0 Å². The number of rotatable bonds is 4. The van der Waals surface area contributed by atoms with Gasteiger partial charge in [0.2, 0.25) is 5.91 Å². The molecule has 4 nitrogen and oxygen atoms in total. The van der Waals surface area contributed by atoms with Gasteiger partial charge in [0, 0.05) is 10.8 Å². The van der Waals surface area contributed by atoms with Crippen molar-refractivity contribution in [2.45, 2.75) is 45.2 Å². The molecule has 1 amide bonds. The number of benzene rings is 1. The summed E-state index contributed by atoms with van der Waals surface area (Å²) in [7, 11) is 0. The second-order valence-corrected chi connectivity index (χ2v) is 7.57. The number of aromatic nitrogens is 1. The highest BCUT2D eigenvalue weighted by atomic mass is 32.1. The zero-order valence-electron chi connectivity index (χ0n) is 13.5. The fourth-order valence-corrected chi connectivity index (χ4v) is 2.95. The summed E-state index contributed by atoms with van der Waals surface area (Å²) in [6, 6.07) is 9.39. The third-order valence-electron chi connectivity index (χ3n) is 3.57. The van der Waals surface area contributed by atoms with E-state index in [1.54, 1.807) is 18.3 Å². The molecule has 1 aromatic heterocycles. The molecule has 0 saturated carbocycles. The number of hydrogen-bond donors (Lipinski definition) is 2. The van der Waals surface area contributed by atoms with E-state index in [4.69, 9.17) is 5.73 Å². The lowest BCUT2D eigenvalue weighted by molar-refractivity contribution is -0.126. The minimum atomic E-state index is -1.05. The number of nitrogens with one attached hydrogen (secondary N) is 1. The summed E-state index contributed by atoms with van der Waals surface area (Å²) >= 11 is 1.56. The normalized spacial score (nSPS) is 14.4. The molecule has 2 rings (SSSR count). The third-order valence-corrected chi connectivity index (χ3v) is 4.41. The number of hydrogen-bond acceptors (Lipinski definition) is 4. The molecule has 0 aliphatic carbocycles. The van der Waals surface area contributed by atoms with E-state index in [2.05, 4.69) is 31.1 Å². The summed E-state index contributed by atoms with van der Waals surface area (Å²) in [5.41, 5.74) is 7.00. The molecule has 1 unspecified atom stereocenters. The first-order valence-electron chi connectivity index (χ1n) is 7.29. The van der Waals surface area contributed by atoms with Gasteiger partial charge in [-0.15, -0.1) is 11.3 Å². The Morgan fingerprint density at radius 1 is 1.23 bits per heavy atom. The maximum absolute atomic E-state index is 12.4. The predicted molar refractivity (Wildman–Crippen MR) is 90.6 cm³/mol. The molecule has 1 heterocycles. The van der Waals surface area contributed by atoms with Gasteiger partial charge in [-0.25, -0.2) is 4.98 Å². The van der Waals surface area contributed by atoms with Crippen LogP contribution < -0.4 is 11.1 Å². The minimum Gasteiger partial charge on any atom is -0.348 e. The van der Waals surface area contributed by atoms with Crippen molar-refractivity contribution >= 4 is 17.2 Å². The standard InChI is InChI=1S/C17H23N3OS/c1-16(2,3)13-11-22-14(20-13)10-19-15(21)17(4,18)12-8-6-5-7-9-12/h5-9,11H,10,18H2,1-4H3,(H,19,21). The molecule has 0 radical (unpaired) electrons. The largest absolute Gasteiger partial charge is 0.348 e. The van der Waals surface area contributed by atoms with Crippen LogP contribution in [0.2, 0.25) is 0 Å². The van der Waals surface area contributed by atoms with Crippen LogP contribution in [0.3, 0.4) is 0 Å². The second kappa shape index (κ2) is 6.18. The Bertz CT molecular complexity index is 641. The zero-order valence-corrected chi connectivity index (χ0v) is 14.3. The zero-order chi connectivity index (χ0) is 16.4. The summed E-state index contributed by atoms with van der Waals surface area (Å²) in [4.78, 5) is 17.0. The van der Waals surface area contributed by atoms with E-state index in [-0.39, 0.29) is 11.3 Å². The maximum Gasteiger partial charge on any atom is 0.244 e. The molecule has 5 heteroatoms. The minimum absolute atomic E-state index is 0.0190. The molecule has 1 aromatic carbocycles. The lowest BCUT2D eigenvalue weighted by Crippen LogP contribution is -2.48. The van der Waals surface area contributed by atoms with Gasteiger partial charge < -0.3 is 11.1 Å². The van der Waals surface area contributed by atoms with Crippen molar-refractivity contribution in [1.29, 1.82) is 0 Å². The van der Waals surface area contributed by atoms with Crippen LogP contribution in [0.1, 0.15) is 44.0 Å². The maximum atomic E-state index is 12.4. The Morgan fingerprint density at radius 3 is 2.41 bits per heavy atom. The van der Waals surface area contributed by atoms with Crippen LogP contribution in [0.25, 0.3) is 0 Å². The van der Waals surface area contributed by atoms with Gasteiger partial charge in [0.1, 0.15) is 10.5 Å². The number of carbonyl (C=O) groups is 1. The van der Waals surface area contributed by atoms with E-state index in [1.807, 2.05) is 35.7 Å². The third kappa shape index (κ3) is 3.72. The Morgan fingerprint density at radius 2 is 1.86 bits per heavy atom. The molecule has 0 spiro atoms. The molecular weight excluding hydrogens is 294 g/mol. The molecule has 0 aliphatic heterocycles. The average Bonchev–Trinajstić information content (AvgIpc) is 2.94. The molecule has 22 heavy (non-hydrogen) atoms. The predicted octanol–water partition coefficient (Wildman–Crippen LogP) is 2.93. The number of thiazole rings is 1. The first-order valence-corrected chi connectivity index (χ1v) is 8.17. The lowest BCUT2D eigenvalue weighted by Gasteiger charge is -2.23. The molecule has 2 aromatic rings. The lowest BCUT2D eigenvalue weighted by atomic mass is 9.92. The van der Waals surface area contributed by atoms with Crippen molar-refractivity contribution in [3.05, 3.63) is 52.0 Å². The Balaban J connectivity index is 2.02. The summed E-state index contributed by atoms with van der Waals surface area (Å²) < 4.78 is 0. The van der Waals surface area contributed by atoms with Crippen LogP contribution >= 0.6 is 11.3 Å². The van der Waals surface area contributed by atoms with Crippen LogP contribution in [0.15, 0.2) is 35.7 Å². The number of nitrogens with two attached hydrogens (primary N) is 1. The second-order valence-electron chi connectivity index (χ2n) is 6.63. The molecule has 0 aliphatic rings.